The number of aryl methyl sites for hydroxylation is 2. The molecular formula is C23H24ClFN4O4S. The lowest BCUT2D eigenvalue weighted by Gasteiger charge is -2.40. The van der Waals surface area contributed by atoms with Gasteiger partial charge >= 0.3 is 11.9 Å². The topological polar surface area (TPSA) is 99.5 Å². The molecular weight excluding hydrogens is 483 g/mol. The smallest absolute Gasteiger partial charge is 0.391 e. The first kappa shape index (κ1) is 25.7. The zero-order chi connectivity index (χ0) is 25.2. The second-order valence-electron chi connectivity index (χ2n) is 8.09. The van der Waals surface area contributed by atoms with Gasteiger partial charge in [0.2, 0.25) is 5.89 Å². The number of nitrogens with one attached hydrogen (secondary N) is 1. The van der Waals surface area contributed by atoms with Crippen molar-refractivity contribution in [2.75, 3.05) is 18.6 Å². The van der Waals surface area contributed by atoms with Crippen LogP contribution in [-0.4, -0.2) is 34.4 Å². The summed E-state index contributed by atoms with van der Waals surface area (Å²) in [5.74, 6) is -1.01. The van der Waals surface area contributed by atoms with Crippen LogP contribution in [0.2, 0.25) is 5.02 Å². The highest BCUT2D eigenvalue weighted by Crippen LogP contribution is 2.47. The molecule has 0 amide bonds. The second-order valence-corrected chi connectivity index (χ2v) is 9.59. The molecule has 0 radical (unpaired) electrons. The average Bonchev–Trinajstić information content (AvgIpc) is 3.19. The number of carbonyl (C=O) groups excluding carboxylic acids is 2. The van der Waals surface area contributed by atoms with E-state index in [1.165, 1.54) is 18.0 Å². The van der Waals surface area contributed by atoms with E-state index in [-0.39, 0.29) is 23.8 Å². The van der Waals surface area contributed by atoms with Crippen LogP contribution in [0.3, 0.4) is 0 Å². The van der Waals surface area contributed by atoms with E-state index in [4.69, 9.17) is 25.6 Å². The molecule has 0 bridgehead atoms. The Kier molecular flexibility index (Phi) is 7.99. The standard InChI is InChI=1S/C22H24ClFN4O2S.CO2/c1-11-6-7-16(24)19(13(11)3)14(4)20(21-25-26-22(29)30-21)28-10-27(5)17-9-15(23)12(2)8-18(17)31-28;2-1-3/h6-9,14,20H,10H2,1-5H3,(H,26,29);/t14-,20?;/m1./s1. The van der Waals surface area contributed by atoms with Crippen molar-refractivity contribution in [3.63, 3.8) is 0 Å². The van der Waals surface area contributed by atoms with Crippen LogP contribution in [0.5, 0.6) is 0 Å². The van der Waals surface area contributed by atoms with Gasteiger partial charge in [-0.25, -0.2) is 18.6 Å². The molecule has 2 aromatic carbocycles. The van der Waals surface area contributed by atoms with Crippen molar-refractivity contribution in [3.8, 4) is 0 Å². The van der Waals surface area contributed by atoms with Gasteiger partial charge < -0.3 is 9.32 Å². The van der Waals surface area contributed by atoms with E-state index in [2.05, 4.69) is 19.4 Å². The van der Waals surface area contributed by atoms with Crippen molar-refractivity contribution in [2.24, 2.45) is 0 Å². The van der Waals surface area contributed by atoms with Crippen molar-refractivity contribution in [1.29, 1.82) is 0 Å². The van der Waals surface area contributed by atoms with Crippen molar-refractivity contribution in [1.82, 2.24) is 14.5 Å². The maximum Gasteiger partial charge on any atom is 0.434 e. The van der Waals surface area contributed by atoms with E-state index in [1.807, 2.05) is 46.9 Å². The summed E-state index contributed by atoms with van der Waals surface area (Å²) < 4.78 is 22.4. The lowest BCUT2D eigenvalue weighted by atomic mass is 9.87. The molecule has 1 N–H and O–H groups in total. The maximum absolute atomic E-state index is 15.0. The normalized spacial score (nSPS) is 15.1. The Bertz CT molecular complexity index is 1290. The minimum absolute atomic E-state index is 0.229. The molecule has 0 fully saturated rings. The monoisotopic (exact) mass is 506 g/mol. The molecule has 1 aliphatic heterocycles. The molecule has 180 valence electrons. The van der Waals surface area contributed by atoms with Gasteiger partial charge in [0.05, 0.1) is 12.4 Å². The summed E-state index contributed by atoms with van der Waals surface area (Å²) in [6.45, 7) is 8.28. The number of halogens is 2. The van der Waals surface area contributed by atoms with Crippen LogP contribution in [0, 0.1) is 26.6 Å². The summed E-state index contributed by atoms with van der Waals surface area (Å²) >= 11 is 7.86. The number of benzene rings is 2. The Morgan fingerprint density at radius 2 is 1.91 bits per heavy atom. The number of fused-ring (bicyclic) bond motifs is 1. The maximum atomic E-state index is 15.0. The number of aromatic amines is 1. The number of anilines is 1. The molecule has 1 aliphatic rings. The summed E-state index contributed by atoms with van der Waals surface area (Å²) in [7, 11) is 1.97. The summed E-state index contributed by atoms with van der Waals surface area (Å²) in [5.41, 5.74) is 4.47. The van der Waals surface area contributed by atoms with Gasteiger partial charge in [-0.1, -0.05) is 24.6 Å². The minimum atomic E-state index is -0.632. The average molecular weight is 507 g/mol. The Morgan fingerprint density at radius 1 is 1.24 bits per heavy atom. The molecule has 8 nitrogen and oxygen atoms in total. The summed E-state index contributed by atoms with van der Waals surface area (Å²) in [6, 6.07) is 6.77. The van der Waals surface area contributed by atoms with Crippen LogP contribution < -0.4 is 10.7 Å². The van der Waals surface area contributed by atoms with E-state index >= 15 is 0 Å². The third kappa shape index (κ3) is 5.10. The van der Waals surface area contributed by atoms with Crippen LogP contribution >= 0.6 is 23.5 Å². The van der Waals surface area contributed by atoms with Gasteiger partial charge in [-0.2, -0.15) is 9.59 Å². The van der Waals surface area contributed by atoms with Crippen LogP contribution in [0.25, 0.3) is 0 Å². The second kappa shape index (κ2) is 10.6. The van der Waals surface area contributed by atoms with Gasteiger partial charge in [0.15, 0.2) is 0 Å². The number of H-pyrrole nitrogens is 1. The number of nitrogens with zero attached hydrogens (tertiary/aromatic N) is 3. The fourth-order valence-corrected chi connectivity index (χ4v) is 5.64. The molecule has 0 saturated carbocycles. The largest absolute Gasteiger partial charge is 0.434 e. The van der Waals surface area contributed by atoms with Crippen LogP contribution in [-0.2, 0) is 9.59 Å². The Balaban J connectivity index is 0.00000103. The number of hydrogen-bond donors (Lipinski definition) is 1. The highest BCUT2D eigenvalue weighted by molar-refractivity contribution is 7.97. The van der Waals surface area contributed by atoms with E-state index in [0.29, 0.717) is 17.3 Å². The van der Waals surface area contributed by atoms with Gasteiger partial charge in [0, 0.05) is 22.9 Å². The SMILES string of the molecule is Cc1cc2c(cc1Cl)N(C)CN(C(c1n[nH]c(=O)o1)[C@H](C)c1c(F)ccc(C)c1C)S2.O=C=O. The van der Waals surface area contributed by atoms with Gasteiger partial charge in [0.1, 0.15) is 11.9 Å². The number of aromatic nitrogens is 2. The molecule has 11 heteroatoms. The fraction of sp³-hybridized carbons (Fsp3) is 0.348. The summed E-state index contributed by atoms with van der Waals surface area (Å²) in [6.07, 6.45) is 0.250. The van der Waals surface area contributed by atoms with Crippen molar-refractivity contribution in [2.45, 2.75) is 44.6 Å². The van der Waals surface area contributed by atoms with Gasteiger partial charge in [-0.05, 0) is 73.2 Å². The quantitative estimate of drug-likeness (QED) is 0.506. The van der Waals surface area contributed by atoms with Gasteiger partial charge in [-0.3, -0.25) is 0 Å². The van der Waals surface area contributed by atoms with E-state index in [1.54, 1.807) is 6.07 Å². The zero-order valence-electron chi connectivity index (χ0n) is 19.3. The molecule has 0 spiro atoms. The van der Waals surface area contributed by atoms with E-state index in [9.17, 15) is 9.18 Å². The molecule has 2 atom stereocenters. The molecule has 0 aliphatic carbocycles. The fourth-order valence-electron chi connectivity index (χ4n) is 4.08. The highest BCUT2D eigenvalue weighted by atomic mass is 35.5. The van der Waals surface area contributed by atoms with Crippen LogP contribution in [0.15, 0.2) is 38.4 Å². The van der Waals surface area contributed by atoms with Gasteiger partial charge in [-0.15, -0.1) is 5.10 Å². The van der Waals surface area contributed by atoms with Gasteiger partial charge in [0.25, 0.3) is 0 Å². The lowest BCUT2D eigenvalue weighted by Crippen LogP contribution is -2.39. The first-order valence-corrected chi connectivity index (χ1v) is 11.5. The molecule has 4 rings (SSSR count). The number of rotatable bonds is 4. The lowest BCUT2D eigenvalue weighted by molar-refractivity contribution is -0.191. The van der Waals surface area contributed by atoms with Crippen molar-refractivity contribution < 1.29 is 18.4 Å². The first-order chi connectivity index (χ1) is 16.1. The van der Waals surface area contributed by atoms with Crippen molar-refractivity contribution in [3.05, 3.63) is 73.8 Å². The molecule has 1 aromatic heterocycles. The predicted octanol–water partition coefficient (Wildman–Crippen LogP) is 4.76. The summed E-state index contributed by atoms with van der Waals surface area (Å²) in [4.78, 5) is 31.1. The molecule has 0 saturated heterocycles. The highest BCUT2D eigenvalue weighted by Gasteiger charge is 2.37. The third-order valence-electron chi connectivity index (χ3n) is 5.90. The molecule has 3 aromatic rings. The Hall–Kier alpha value is -2.91. The van der Waals surface area contributed by atoms with Crippen LogP contribution in [0.1, 0.15) is 47.0 Å². The van der Waals surface area contributed by atoms with E-state index in [0.717, 1.165) is 27.3 Å². The number of hydrogen-bond acceptors (Lipinski definition) is 8. The van der Waals surface area contributed by atoms with E-state index < -0.39 is 11.8 Å². The Labute approximate surface area is 205 Å². The third-order valence-corrected chi connectivity index (χ3v) is 7.41. The minimum Gasteiger partial charge on any atom is -0.391 e. The predicted molar refractivity (Wildman–Crippen MR) is 126 cm³/mol. The molecule has 1 unspecified atom stereocenters. The first-order valence-electron chi connectivity index (χ1n) is 10.3. The molecule has 34 heavy (non-hydrogen) atoms. The van der Waals surface area contributed by atoms with Crippen LogP contribution in [0.4, 0.5) is 10.1 Å². The molecule has 2 heterocycles. The van der Waals surface area contributed by atoms with Crippen molar-refractivity contribution >= 4 is 35.4 Å². The Morgan fingerprint density at radius 3 is 2.53 bits per heavy atom. The summed E-state index contributed by atoms with van der Waals surface area (Å²) in [5, 5.41) is 7.17. The zero-order valence-corrected chi connectivity index (χ0v) is 20.9.